The van der Waals surface area contributed by atoms with Crippen LogP contribution in [0.15, 0.2) is 73.3 Å². The van der Waals surface area contributed by atoms with Crippen molar-refractivity contribution in [3.05, 3.63) is 90.0 Å². The zero-order valence-electron chi connectivity index (χ0n) is 13.2. The van der Waals surface area contributed by atoms with Crippen LogP contribution in [0.1, 0.15) is 22.7 Å². The highest BCUT2D eigenvalue weighted by Gasteiger charge is 2.22. The minimum absolute atomic E-state index is 0.234. The van der Waals surface area contributed by atoms with Crippen molar-refractivity contribution in [1.82, 2.24) is 0 Å². The van der Waals surface area contributed by atoms with E-state index < -0.39 is 0 Å². The lowest BCUT2D eigenvalue weighted by Gasteiger charge is -2.34. The third kappa shape index (κ3) is 2.17. The van der Waals surface area contributed by atoms with Crippen molar-refractivity contribution in [3.63, 3.8) is 0 Å². The summed E-state index contributed by atoms with van der Waals surface area (Å²) in [6.07, 6.45) is 6.49. The van der Waals surface area contributed by atoms with Crippen LogP contribution in [0.4, 0.5) is 5.69 Å². The topological polar surface area (TPSA) is 3.24 Å². The second-order valence-corrected chi connectivity index (χ2v) is 5.97. The fraction of sp³-hybridized carbons (Fsp3) is 0.0909. The lowest BCUT2D eigenvalue weighted by Crippen LogP contribution is -2.26. The smallest absolute Gasteiger partial charge is 0.0732 e. The highest BCUT2D eigenvalue weighted by Crippen LogP contribution is 2.39. The third-order valence-electron chi connectivity index (χ3n) is 4.72. The van der Waals surface area contributed by atoms with Crippen molar-refractivity contribution in [1.29, 1.82) is 0 Å². The number of nitrogens with zero attached hydrogens (tertiary/aromatic N) is 1. The Balaban J connectivity index is 1.87. The number of hydrogen-bond acceptors (Lipinski definition) is 1. The molecule has 0 aliphatic carbocycles. The van der Waals surface area contributed by atoms with Gasteiger partial charge in [-0.3, -0.25) is 0 Å². The molecule has 1 heteroatoms. The van der Waals surface area contributed by atoms with Crippen molar-refractivity contribution in [2.45, 2.75) is 6.04 Å². The summed E-state index contributed by atoms with van der Waals surface area (Å²) in [5.74, 6) is 0. The van der Waals surface area contributed by atoms with E-state index in [4.69, 9.17) is 0 Å². The molecule has 0 saturated heterocycles. The van der Waals surface area contributed by atoms with E-state index in [1.807, 2.05) is 6.08 Å². The summed E-state index contributed by atoms with van der Waals surface area (Å²) in [6.45, 7) is 3.95. The molecule has 0 N–H and O–H groups in total. The number of fused-ring (bicyclic) bond motifs is 3. The van der Waals surface area contributed by atoms with Gasteiger partial charge in [-0.05, 0) is 28.0 Å². The van der Waals surface area contributed by atoms with Gasteiger partial charge in [-0.2, -0.15) is 0 Å². The highest BCUT2D eigenvalue weighted by atomic mass is 15.1. The number of hydrogen-bond donors (Lipinski definition) is 0. The van der Waals surface area contributed by atoms with Crippen LogP contribution in [0.25, 0.3) is 22.9 Å². The van der Waals surface area contributed by atoms with Gasteiger partial charge in [0.25, 0.3) is 0 Å². The van der Waals surface area contributed by atoms with Crippen LogP contribution in [0.5, 0.6) is 0 Å². The molecule has 1 heterocycles. The van der Waals surface area contributed by atoms with E-state index in [9.17, 15) is 0 Å². The largest absolute Gasteiger partial charge is 0.364 e. The van der Waals surface area contributed by atoms with E-state index in [-0.39, 0.29) is 6.04 Å². The molecule has 0 aromatic heterocycles. The Bertz CT molecular complexity index is 920. The SMILES string of the molecule is C=Cc1ccccc1C1C=Cc2c(ccc3ccccc23)N1C. The average molecular weight is 297 g/mol. The van der Waals surface area contributed by atoms with Gasteiger partial charge in [-0.25, -0.2) is 0 Å². The first-order chi connectivity index (χ1) is 11.3. The molecule has 3 aromatic rings. The van der Waals surface area contributed by atoms with Gasteiger partial charge in [0.15, 0.2) is 0 Å². The van der Waals surface area contributed by atoms with Gasteiger partial charge >= 0.3 is 0 Å². The number of benzene rings is 3. The van der Waals surface area contributed by atoms with Crippen LogP contribution in [-0.4, -0.2) is 7.05 Å². The van der Waals surface area contributed by atoms with Crippen molar-refractivity contribution in [3.8, 4) is 0 Å². The lowest BCUT2D eigenvalue weighted by atomic mass is 9.92. The number of rotatable bonds is 2. The van der Waals surface area contributed by atoms with Gasteiger partial charge in [0.1, 0.15) is 0 Å². The third-order valence-corrected chi connectivity index (χ3v) is 4.72. The van der Waals surface area contributed by atoms with Gasteiger partial charge < -0.3 is 4.90 Å². The van der Waals surface area contributed by atoms with Crippen LogP contribution in [0.2, 0.25) is 0 Å². The van der Waals surface area contributed by atoms with Crippen LogP contribution < -0.4 is 4.90 Å². The summed E-state index contributed by atoms with van der Waals surface area (Å²) in [4.78, 5) is 2.35. The Kier molecular flexibility index (Phi) is 3.27. The Labute approximate surface area is 137 Å². The molecule has 0 fully saturated rings. The van der Waals surface area contributed by atoms with Crippen LogP contribution in [0.3, 0.4) is 0 Å². The van der Waals surface area contributed by atoms with Gasteiger partial charge in [-0.15, -0.1) is 0 Å². The van der Waals surface area contributed by atoms with E-state index in [0.29, 0.717) is 0 Å². The van der Waals surface area contributed by atoms with Crippen molar-refractivity contribution < 1.29 is 0 Å². The first kappa shape index (κ1) is 13.8. The van der Waals surface area contributed by atoms with Gasteiger partial charge in [-0.1, -0.05) is 79.4 Å². The van der Waals surface area contributed by atoms with Crippen molar-refractivity contribution >= 4 is 28.6 Å². The maximum Gasteiger partial charge on any atom is 0.0732 e. The number of likely N-dealkylation sites (N-methyl/N-ethyl adjacent to an activating group) is 1. The first-order valence-electron chi connectivity index (χ1n) is 7.94. The molecule has 0 amide bonds. The maximum absolute atomic E-state index is 3.95. The molecule has 0 bridgehead atoms. The summed E-state index contributed by atoms with van der Waals surface area (Å²) >= 11 is 0. The minimum Gasteiger partial charge on any atom is -0.364 e. The summed E-state index contributed by atoms with van der Waals surface area (Å²) < 4.78 is 0. The van der Waals surface area contributed by atoms with E-state index in [2.05, 4.69) is 91.3 Å². The monoisotopic (exact) mass is 297 g/mol. The zero-order valence-corrected chi connectivity index (χ0v) is 13.2. The fourth-order valence-electron chi connectivity index (χ4n) is 3.51. The van der Waals surface area contributed by atoms with Crippen LogP contribution >= 0.6 is 0 Å². The van der Waals surface area contributed by atoms with Crippen LogP contribution in [0, 0.1) is 0 Å². The molecule has 0 spiro atoms. The molecule has 3 aromatic carbocycles. The summed E-state index contributed by atoms with van der Waals surface area (Å²) in [5.41, 5.74) is 5.06. The summed E-state index contributed by atoms with van der Waals surface area (Å²) in [5, 5.41) is 2.60. The molecule has 1 aliphatic heterocycles. The van der Waals surface area contributed by atoms with E-state index in [1.54, 1.807) is 0 Å². The Hall–Kier alpha value is -2.80. The minimum atomic E-state index is 0.234. The second kappa shape index (κ2) is 5.44. The second-order valence-electron chi connectivity index (χ2n) is 5.97. The van der Waals surface area contributed by atoms with Crippen molar-refractivity contribution in [2.75, 3.05) is 11.9 Å². The zero-order chi connectivity index (χ0) is 15.8. The molecule has 0 saturated carbocycles. The first-order valence-corrected chi connectivity index (χ1v) is 7.94. The maximum atomic E-state index is 3.95. The Morgan fingerprint density at radius 2 is 1.74 bits per heavy atom. The van der Waals surface area contributed by atoms with Gasteiger partial charge in [0.2, 0.25) is 0 Å². The molecule has 112 valence electrons. The van der Waals surface area contributed by atoms with Gasteiger partial charge in [0, 0.05) is 18.3 Å². The predicted octanol–water partition coefficient (Wildman–Crippen LogP) is 5.69. The molecule has 1 nitrogen and oxygen atoms in total. The predicted molar refractivity (Wildman–Crippen MR) is 101 cm³/mol. The van der Waals surface area contributed by atoms with E-state index >= 15 is 0 Å². The average Bonchev–Trinajstić information content (AvgIpc) is 2.62. The summed E-state index contributed by atoms with van der Waals surface area (Å²) in [6, 6.07) is 21.7. The standard InChI is InChI=1S/C22H19N/c1-3-16-8-4-7-11-19(16)21-15-13-20-18-10-6-5-9-17(18)12-14-22(20)23(21)2/h3-15,21H,1H2,2H3. The Morgan fingerprint density at radius 1 is 0.957 bits per heavy atom. The molecule has 0 radical (unpaired) electrons. The van der Waals surface area contributed by atoms with Crippen LogP contribution in [-0.2, 0) is 0 Å². The molecular formula is C22H19N. The fourth-order valence-corrected chi connectivity index (χ4v) is 3.51. The van der Waals surface area contributed by atoms with Gasteiger partial charge in [0.05, 0.1) is 6.04 Å². The Morgan fingerprint density at radius 3 is 2.61 bits per heavy atom. The van der Waals surface area contributed by atoms with E-state index in [1.165, 1.54) is 33.2 Å². The molecule has 1 atom stereocenters. The van der Waals surface area contributed by atoms with E-state index in [0.717, 1.165) is 0 Å². The summed E-state index contributed by atoms with van der Waals surface area (Å²) in [7, 11) is 2.17. The highest BCUT2D eigenvalue weighted by molar-refractivity contribution is 5.97. The lowest BCUT2D eigenvalue weighted by molar-refractivity contribution is 0.804. The molecule has 1 aliphatic rings. The molecule has 4 rings (SSSR count). The van der Waals surface area contributed by atoms with Crippen molar-refractivity contribution in [2.24, 2.45) is 0 Å². The number of anilines is 1. The molecule has 23 heavy (non-hydrogen) atoms. The molecular weight excluding hydrogens is 278 g/mol. The quantitative estimate of drug-likeness (QED) is 0.587. The normalized spacial score (nSPS) is 16.4. The molecule has 1 unspecified atom stereocenters.